The van der Waals surface area contributed by atoms with Gasteiger partial charge in [0, 0.05) is 34.5 Å². The predicted octanol–water partition coefficient (Wildman–Crippen LogP) is 6.77. The molecule has 8 heteroatoms. The van der Waals surface area contributed by atoms with Gasteiger partial charge in [0.05, 0.1) is 16.0 Å². The van der Waals surface area contributed by atoms with Crippen molar-refractivity contribution in [2.24, 2.45) is 5.84 Å². The molecule has 0 saturated carbocycles. The highest BCUT2D eigenvalue weighted by molar-refractivity contribution is 8.17. The lowest BCUT2D eigenvalue weighted by Crippen LogP contribution is -2.32. The summed E-state index contributed by atoms with van der Waals surface area (Å²) in [6.45, 7) is 0. The molecular formula is C28H32N4OS3. The summed E-state index contributed by atoms with van der Waals surface area (Å²) >= 11 is 8.00. The maximum atomic E-state index is 11.5. The Morgan fingerprint density at radius 2 is 2.00 bits per heavy atom. The normalized spacial score (nSPS) is 13.8. The highest BCUT2D eigenvalue weighted by Crippen LogP contribution is 2.38. The van der Waals surface area contributed by atoms with Crippen LogP contribution in [0.25, 0.3) is 5.70 Å². The number of hydrogen-bond donors (Lipinski definition) is 3. The van der Waals surface area contributed by atoms with Crippen molar-refractivity contribution in [2.75, 3.05) is 16.0 Å². The first-order valence-electron chi connectivity index (χ1n) is 12.1. The minimum atomic E-state index is 0.379. The van der Waals surface area contributed by atoms with Crippen LogP contribution in [0.15, 0.2) is 77.3 Å². The van der Waals surface area contributed by atoms with Crippen LogP contribution >= 0.6 is 36.3 Å². The molecule has 1 aliphatic rings. The molecule has 0 aliphatic heterocycles. The van der Waals surface area contributed by atoms with Gasteiger partial charge < -0.3 is 9.52 Å². The van der Waals surface area contributed by atoms with Crippen LogP contribution in [0.4, 0.5) is 11.4 Å². The number of carbonyl (C=O) groups excluding carboxylic acids is 1. The van der Waals surface area contributed by atoms with E-state index < -0.39 is 0 Å². The summed E-state index contributed by atoms with van der Waals surface area (Å²) < 4.78 is 3.99. The van der Waals surface area contributed by atoms with E-state index in [2.05, 4.69) is 52.9 Å². The Kier molecular flexibility index (Phi) is 9.81. The van der Waals surface area contributed by atoms with Crippen molar-refractivity contribution in [2.45, 2.75) is 48.0 Å². The number of nitrogens with two attached hydrogens (primary N) is 1. The first kappa shape index (κ1) is 26.7. The van der Waals surface area contributed by atoms with Gasteiger partial charge >= 0.3 is 0 Å². The summed E-state index contributed by atoms with van der Waals surface area (Å²) in [5.41, 5.74) is 7.35. The van der Waals surface area contributed by atoms with E-state index in [0.717, 1.165) is 77.2 Å². The summed E-state index contributed by atoms with van der Waals surface area (Å²) in [5.74, 6) is 6.65. The summed E-state index contributed by atoms with van der Waals surface area (Å²) in [4.78, 5) is 16.8. The van der Waals surface area contributed by atoms with Crippen LogP contribution in [-0.2, 0) is 17.6 Å². The van der Waals surface area contributed by atoms with Gasteiger partial charge in [0.15, 0.2) is 0 Å². The van der Waals surface area contributed by atoms with Crippen molar-refractivity contribution in [1.29, 1.82) is 0 Å². The summed E-state index contributed by atoms with van der Waals surface area (Å²) in [6.07, 6.45) is 10.3. The monoisotopic (exact) mass is 536 g/mol. The van der Waals surface area contributed by atoms with Crippen molar-refractivity contribution < 1.29 is 4.79 Å². The van der Waals surface area contributed by atoms with E-state index in [0.29, 0.717) is 11.0 Å². The molecule has 1 aromatic heterocycles. The smallest absolute Gasteiger partial charge is 0.124 e. The summed E-state index contributed by atoms with van der Waals surface area (Å²) in [7, 11) is 0. The van der Waals surface area contributed by atoms with Crippen LogP contribution in [0.2, 0.25) is 0 Å². The molecule has 3 N–H and O–H groups in total. The van der Waals surface area contributed by atoms with Gasteiger partial charge in [0.1, 0.15) is 6.29 Å². The second-order valence-corrected chi connectivity index (χ2v) is 11.5. The van der Waals surface area contributed by atoms with Crippen LogP contribution in [0, 0.1) is 0 Å². The zero-order valence-electron chi connectivity index (χ0n) is 20.4. The number of benzene rings is 2. The molecule has 0 spiro atoms. The fourth-order valence-electron chi connectivity index (χ4n) is 4.37. The lowest BCUT2D eigenvalue weighted by molar-refractivity contribution is -0.107. The molecular weight excluding hydrogens is 505 g/mol. The van der Waals surface area contributed by atoms with Gasteiger partial charge in [-0.05, 0) is 110 Å². The number of aromatic nitrogens is 1. The molecule has 2 aromatic carbocycles. The molecule has 1 atom stereocenters. The number of carbonyl (C=O) groups is 1. The molecule has 36 heavy (non-hydrogen) atoms. The third-order valence-electron chi connectivity index (χ3n) is 6.26. The van der Waals surface area contributed by atoms with Crippen molar-refractivity contribution in [3.63, 3.8) is 0 Å². The number of thiol groups is 1. The summed E-state index contributed by atoms with van der Waals surface area (Å²) in [6, 6.07) is 20.3. The number of rotatable bonds is 12. The van der Waals surface area contributed by atoms with Crippen molar-refractivity contribution in [1.82, 2.24) is 4.98 Å². The Labute approximate surface area is 227 Å². The third-order valence-corrected chi connectivity index (χ3v) is 9.04. The van der Waals surface area contributed by atoms with Gasteiger partial charge in [-0.25, -0.2) is 5.84 Å². The molecule has 188 valence electrons. The van der Waals surface area contributed by atoms with Gasteiger partial charge in [0.2, 0.25) is 0 Å². The van der Waals surface area contributed by atoms with Crippen molar-refractivity contribution in [3.8, 4) is 0 Å². The van der Waals surface area contributed by atoms with E-state index in [4.69, 9.17) is 5.84 Å². The number of anilines is 2. The van der Waals surface area contributed by atoms with Gasteiger partial charge in [-0.15, -0.1) is 24.4 Å². The maximum Gasteiger partial charge on any atom is 0.124 e. The second kappa shape index (κ2) is 13.2. The fourth-order valence-corrected chi connectivity index (χ4v) is 6.13. The molecule has 0 fully saturated rings. The first-order chi connectivity index (χ1) is 17.6. The molecule has 5 nitrogen and oxygen atoms in total. The number of nitrogens with zero attached hydrogens (tertiary/aromatic N) is 2. The molecule has 0 radical (unpaired) electrons. The standard InChI is InChI=1S/C28H32N4OS3/c1-35-27(7-4-6-22-5-2-3-17-30-22)36-31-23-11-10-20-8-9-21(16-18-33)28(26(20)19-23)32(29)24-12-14-25(34)15-13-24/h2-3,5,10-15,17-19,27,31,34H,4,6-9,16,29H2,1H3. The van der Waals surface area contributed by atoms with E-state index in [9.17, 15) is 4.79 Å². The predicted molar refractivity (Wildman–Crippen MR) is 158 cm³/mol. The minimum Gasteiger partial charge on any atom is -0.329 e. The zero-order valence-corrected chi connectivity index (χ0v) is 22.9. The van der Waals surface area contributed by atoms with E-state index in [-0.39, 0.29) is 0 Å². The molecule has 4 rings (SSSR count). The zero-order chi connectivity index (χ0) is 25.3. The third kappa shape index (κ3) is 6.88. The lowest BCUT2D eigenvalue weighted by Gasteiger charge is -2.31. The molecule has 1 heterocycles. The lowest BCUT2D eigenvalue weighted by atomic mass is 9.87. The minimum absolute atomic E-state index is 0.379. The number of hydrazine groups is 1. The topological polar surface area (TPSA) is 71.2 Å². The van der Waals surface area contributed by atoms with Crippen LogP contribution < -0.4 is 15.6 Å². The number of thioether (sulfide) groups is 1. The highest BCUT2D eigenvalue weighted by atomic mass is 32.2. The van der Waals surface area contributed by atoms with Crippen LogP contribution in [0.5, 0.6) is 0 Å². The Balaban J connectivity index is 1.48. The average Bonchev–Trinajstić information content (AvgIpc) is 2.91. The van der Waals surface area contributed by atoms with E-state index in [1.807, 2.05) is 54.4 Å². The van der Waals surface area contributed by atoms with Crippen LogP contribution in [0.1, 0.15) is 42.5 Å². The number of allylic oxidation sites excluding steroid dienone is 1. The Bertz CT molecular complexity index is 1190. The summed E-state index contributed by atoms with van der Waals surface area (Å²) in [5, 5.41) is 1.71. The largest absolute Gasteiger partial charge is 0.329 e. The van der Waals surface area contributed by atoms with Crippen LogP contribution in [-0.4, -0.2) is 22.1 Å². The number of nitrogens with one attached hydrogen (secondary N) is 1. The quantitative estimate of drug-likeness (QED) is 0.0589. The van der Waals surface area contributed by atoms with Gasteiger partial charge in [0.25, 0.3) is 0 Å². The SMILES string of the molecule is CSC(CCCc1ccccn1)SNc1ccc2c(c1)C(N(N)c1ccc(S)cc1)=C(CC=O)CC2. The molecule has 1 aliphatic carbocycles. The molecule has 3 aromatic rings. The van der Waals surface area contributed by atoms with Crippen molar-refractivity contribution >= 4 is 59.7 Å². The van der Waals surface area contributed by atoms with Crippen LogP contribution in [0.3, 0.4) is 0 Å². The highest BCUT2D eigenvalue weighted by Gasteiger charge is 2.24. The first-order valence-corrected chi connectivity index (χ1v) is 14.7. The van der Waals surface area contributed by atoms with E-state index in [1.54, 1.807) is 17.0 Å². The van der Waals surface area contributed by atoms with E-state index >= 15 is 0 Å². The number of aldehydes is 1. The average molecular weight is 537 g/mol. The molecule has 0 amide bonds. The molecule has 1 unspecified atom stereocenters. The number of aryl methyl sites for hydroxylation is 2. The maximum absolute atomic E-state index is 11.5. The Morgan fingerprint density at radius 3 is 2.72 bits per heavy atom. The van der Waals surface area contributed by atoms with Gasteiger partial charge in [-0.3, -0.25) is 9.99 Å². The van der Waals surface area contributed by atoms with E-state index in [1.165, 1.54) is 5.56 Å². The van der Waals surface area contributed by atoms with Gasteiger partial charge in [-0.2, -0.15) is 0 Å². The Morgan fingerprint density at radius 1 is 1.17 bits per heavy atom. The Hall–Kier alpha value is -2.39. The number of hydrogen-bond acceptors (Lipinski definition) is 8. The molecule has 0 saturated heterocycles. The fraction of sp³-hybridized carbons (Fsp3) is 0.286. The second-order valence-electron chi connectivity index (χ2n) is 8.68. The number of pyridine rings is 1. The number of fused-ring (bicyclic) bond motifs is 1. The van der Waals surface area contributed by atoms with Gasteiger partial charge in [-0.1, -0.05) is 12.1 Å². The molecule has 0 bridgehead atoms. The van der Waals surface area contributed by atoms with Crippen molar-refractivity contribution in [3.05, 3.63) is 89.3 Å².